The third-order valence-electron chi connectivity index (χ3n) is 4.02. The molecule has 1 saturated heterocycles. The number of hydrogen-bond donors (Lipinski definition) is 1. The van der Waals surface area contributed by atoms with Gasteiger partial charge in [0.1, 0.15) is 11.6 Å². The van der Waals surface area contributed by atoms with Gasteiger partial charge in [0, 0.05) is 37.7 Å². The molecule has 1 aliphatic rings. The molecule has 0 aromatic heterocycles. The molecule has 4 nitrogen and oxygen atoms in total. The molecule has 6 heteroatoms. The van der Waals surface area contributed by atoms with Crippen molar-refractivity contribution in [3.05, 3.63) is 46.8 Å². The normalized spacial score (nSPS) is 16.5. The second-order valence-corrected chi connectivity index (χ2v) is 6.36. The van der Waals surface area contributed by atoms with Crippen LogP contribution in [-0.2, 0) is 17.8 Å². The Morgan fingerprint density at radius 2 is 2.08 bits per heavy atom. The van der Waals surface area contributed by atoms with Crippen LogP contribution in [0.15, 0.2) is 34.8 Å². The Balaban J connectivity index is 2.03. The van der Waals surface area contributed by atoms with Crippen molar-refractivity contribution in [2.75, 3.05) is 13.1 Å². The molecule has 1 heterocycles. The van der Waals surface area contributed by atoms with Gasteiger partial charge >= 0.3 is 0 Å². The first kappa shape index (κ1) is 19.5. The molecule has 0 amide bonds. The van der Waals surface area contributed by atoms with Gasteiger partial charge in [-0.2, -0.15) is 0 Å². The van der Waals surface area contributed by atoms with E-state index >= 15 is 0 Å². The van der Waals surface area contributed by atoms with E-state index in [4.69, 9.17) is 9.84 Å². The molecule has 1 fully saturated rings. The smallest absolute Gasteiger partial charge is 0.160 e. The van der Waals surface area contributed by atoms with E-state index < -0.39 is 5.82 Å². The molecule has 0 atom stereocenters. The van der Waals surface area contributed by atoms with E-state index in [1.807, 2.05) is 18.7 Å². The SMILES string of the molecule is CC/C(F)=C(\N=CCc1cccc(CO)c1F)N1CC(OC(C)C)C1. The van der Waals surface area contributed by atoms with Crippen molar-refractivity contribution in [1.29, 1.82) is 0 Å². The Hall–Kier alpha value is -1.79. The minimum Gasteiger partial charge on any atom is -0.392 e. The molecular weight excluding hydrogens is 326 g/mol. The highest BCUT2D eigenvalue weighted by atomic mass is 19.1. The van der Waals surface area contributed by atoms with E-state index in [1.54, 1.807) is 19.1 Å². The highest BCUT2D eigenvalue weighted by Gasteiger charge is 2.31. The van der Waals surface area contributed by atoms with E-state index in [9.17, 15) is 8.78 Å². The van der Waals surface area contributed by atoms with Crippen molar-refractivity contribution >= 4 is 6.21 Å². The first-order chi connectivity index (χ1) is 12.0. The van der Waals surface area contributed by atoms with Crippen molar-refractivity contribution in [2.45, 2.75) is 52.4 Å². The van der Waals surface area contributed by atoms with Crippen molar-refractivity contribution in [3.63, 3.8) is 0 Å². The van der Waals surface area contributed by atoms with Gasteiger partial charge in [0.2, 0.25) is 0 Å². The predicted octanol–water partition coefficient (Wildman–Crippen LogP) is 3.59. The fourth-order valence-corrected chi connectivity index (χ4v) is 2.71. The van der Waals surface area contributed by atoms with Crippen LogP contribution >= 0.6 is 0 Å². The first-order valence-electron chi connectivity index (χ1n) is 8.64. The third-order valence-corrected chi connectivity index (χ3v) is 4.02. The topological polar surface area (TPSA) is 45.1 Å². The molecule has 1 aromatic rings. The lowest BCUT2D eigenvalue weighted by Gasteiger charge is -2.41. The number of rotatable bonds is 8. The summed E-state index contributed by atoms with van der Waals surface area (Å²) in [5, 5.41) is 9.11. The molecule has 1 aromatic carbocycles. The Kier molecular flexibility index (Phi) is 7.08. The standard InChI is InChI=1S/C19H26F2N2O2/c1-4-17(20)19(23-10-16(11-23)25-13(2)3)22-9-8-14-6-5-7-15(12-24)18(14)21/h5-7,9,13,16,24H,4,8,10-12H2,1-3H3/b19-17-,22-9?. The van der Waals surface area contributed by atoms with Gasteiger partial charge in [-0.3, -0.25) is 0 Å². The molecule has 1 aliphatic heterocycles. The van der Waals surface area contributed by atoms with Gasteiger partial charge in [-0.1, -0.05) is 25.1 Å². The maximum atomic E-state index is 14.2. The van der Waals surface area contributed by atoms with Crippen LogP contribution < -0.4 is 0 Å². The summed E-state index contributed by atoms with van der Waals surface area (Å²) in [6.45, 7) is 6.53. The van der Waals surface area contributed by atoms with Crippen LogP contribution in [0.5, 0.6) is 0 Å². The van der Waals surface area contributed by atoms with Crippen LogP contribution in [0.2, 0.25) is 0 Å². The Morgan fingerprint density at radius 3 is 2.68 bits per heavy atom. The number of allylic oxidation sites excluding steroid dienone is 1. The maximum Gasteiger partial charge on any atom is 0.160 e. The lowest BCUT2D eigenvalue weighted by Crippen LogP contribution is -2.52. The van der Waals surface area contributed by atoms with Crippen LogP contribution in [0.4, 0.5) is 8.78 Å². The van der Waals surface area contributed by atoms with E-state index in [0.717, 1.165) is 0 Å². The summed E-state index contributed by atoms with van der Waals surface area (Å²) in [7, 11) is 0. The number of halogens is 2. The Labute approximate surface area is 147 Å². The zero-order valence-electron chi connectivity index (χ0n) is 15.0. The van der Waals surface area contributed by atoms with Crippen molar-refractivity contribution in [3.8, 4) is 0 Å². The van der Waals surface area contributed by atoms with Crippen molar-refractivity contribution < 1.29 is 18.6 Å². The van der Waals surface area contributed by atoms with E-state index in [-0.39, 0.29) is 43.0 Å². The van der Waals surface area contributed by atoms with Gasteiger partial charge in [0.25, 0.3) is 0 Å². The summed E-state index contributed by atoms with van der Waals surface area (Å²) < 4.78 is 33.9. The summed E-state index contributed by atoms with van der Waals surface area (Å²) in [5.74, 6) is -0.430. The second kappa shape index (κ2) is 9.06. The van der Waals surface area contributed by atoms with Gasteiger partial charge in [0.15, 0.2) is 5.82 Å². The summed E-state index contributed by atoms with van der Waals surface area (Å²) in [5.41, 5.74) is 0.675. The van der Waals surface area contributed by atoms with Gasteiger partial charge in [-0.05, 0) is 19.4 Å². The lowest BCUT2D eigenvalue weighted by atomic mass is 10.1. The predicted molar refractivity (Wildman–Crippen MR) is 94.5 cm³/mol. The molecule has 0 radical (unpaired) electrons. The minimum atomic E-state index is -0.438. The Bertz CT molecular complexity index is 638. The number of nitrogens with zero attached hydrogens (tertiary/aromatic N) is 2. The molecule has 138 valence electrons. The Morgan fingerprint density at radius 1 is 1.40 bits per heavy atom. The fraction of sp³-hybridized carbons (Fsp3) is 0.526. The van der Waals surface area contributed by atoms with Gasteiger partial charge in [0.05, 0.1) is 18.8 Å². The monoisotopic (exact) mass is 352 g/mol. The summed E-state index contributed by atoms with van der Waals surface area (Å²) in [6.07, 6.45) is 2.24. The van der Waals surface area contributed by atoms with Gasteiger partial charge in [-0.25, -0.2) is 13.8 Å². The average molecular weight is 352 g/mol. The fourth-order valence-electron chi connectivity index (χ4n) is 2.71. The molecule has 0 bridgehead atoms. The number of ether oxygens (including phenoxy) is 1. The second-order valence-electron chi connectivity index (χ2n) is 6.36. The molecule has 1 N–H and O–H groups in total. The van der Waals surface area contributed by atoms with E-state index in [0.29, 0.717) is 24.5 Å². The quantitative estimate of drug-likeness (QED) is 0.727. The molecule has 25 heavy (non-hydrogen) atoms. The van der Waals surface area contributed by atoms with Crippen LogP contribution in [0, 0.1) is 5.82 Å². The van der Waals surface area contributed by atoms with Crippen LogP contribution in [0.1, 0.15) is 38.3 Å². The van der Waals surface area contributed by atoms with E-state index in [1.165, 1.54) is 12.3 Å². The van der Waals surface area contributed by atoms with Crippen molar-refractivity contribution in [2.24, 2.45) is 4.99 Å². The summed E-state index contributed by atoms with van der Waals surface area (Å²) >= 11 is 0. The van der Waals surface area contributed by atoms with Crippen molar-refractivity contribution in [1.82, 2.24) is 4.90 Å². The van der Waals surface area contributed by atoms with Crippen LogP contribution in [-0.4, -0.2) is 41.5 Å². The highest BCUT2D eigenvalue weighted by molar-refractivity contribution is 5.63. The van der Waals surface area contributed by atoms with Gasteiger partial charge < -0.3 is 14.7 Å². The highest BCUT2D eigenvalue weighted by Crippen LogP contribution is 2.24. The minimum absolute atomic E-state index is 0.0912. The summed E-state index contributed by atoms with van der Waals surface area (Å²) in [4.78, 5) is 6.08. The lowest BCUT2D eigenvalue weighted by molar-refractivity contribution is -0.0694. The largest absolute Gasteiger partial charge is 0.392 e. The van der Waals surface area contributed by atoms with Crippen LogP contribution in [0.25, 0.3) is 0 Å². The number of aliphatic hydroxyl groups excluding tert-OH is 1. The summed E-state index contributed by atoms with van der Waals surface area (Å²) in [6, 6.07) is 4.85. The molecule has 2 rings (SSSR count). The number of benzene rings is 1. The molecule has 0 aliphatic carbocycles. The molecule has 0 saturated carbocycles. The average Bonchev–Trinajstić information content (AvgIpc) is 2.55. The zero-order chi connectivity index (χ0) is 18.4. The third kappa shape index (κ3) is 5.09. The zero-order valence-corrected chi connectivity index (χ0v) is 15.0. The first-order valence-corrected chi connectivity index (χ1v) is 8.64. The molecular formula is C19H26F2N2O2. The number of aliphatic imine (C=N–C) groups is 1. The van der Waals surface area contributed by atoms with Crippen LogP contribution in [0.3, 0.4) is 0 Å². The molecule has 0 unspecified atom stereocenters. The maximum absolute atomic E-state index is 14.2. The molecule has 0 spiro atoms. The van der Waals surface area contributed by atoms with E-state index in [2.05, 4.69) is 4.99 Å². The number of aliphatic hydroxyl groups is 1. The van der Waals surface area contributed by atoms with Gasteiger partial charge in [-0.15, -0.1) is 0 Å². The number of hydrogen-bond acceptors (Lipinski definition) is 4. The number of likely N-dealkylation sites (tertiary alicyclic amines) is 1.